The van der Waals surface area contributed by atoms with Crippen LogP contribution in [0, 0.1) is 0 Å². The molecule has 1 unspecified atom stereocenters. The maximum Gasteiger partial charge on any atom is 0.124 e. The van der Waals surface area contributed by atoms with Crippen LogP contribution in [0.3, 0.4) is 0 Å². The molecular formula is C17H17N3S. The second-order valence-electron chi connectivity index (χ2n) is 5.50. The van der Waals surface area contributed by atoms with Crippen LogP contribution in [-0.4, -0.2) is 9.97 Å². The van der Waals surface area contributed by atoms with E-state index < -0.39 is 0 Å². The van der Waals surface area contributed by atoms with Crippen molar-refractivity contribution in [2.45, 2.75) is 25.3 Å². The fraction of sp³-hybridized carbons (Fsp3) is 0.235. The molecular weight excluding hydrogens is 278 g/mol. The number of aromatic nitrogens is 2. The van der Waals surface area contributed by atoms with Gasteiger partial charge in [-0.2, -0.15) is 0 Å². The largest absolute Gasteiger partial charge is 0.344 e. The Balaban J connectivity index is 1.63. The van der Waals surface area contributed by atoms with Crippen molar-refractivity contribution in [3.8, 4) is 11.3 Å². The zero-order valence-corrected chi connectivity index (χ0v) is 12.5. The van der Waals surface area contributed by atoms with Crippen molar-refractivity contribution in [3.63, 3.8) is 0 Å². The van der Waals surface area contributed by atoms with Gasteiger partial charge in [-0.1, -0.05) is 30.3 Å². The van der Waals surface area contributed by atoms with Crippen LogP contribution in [-0.2, 0) is 19.3 Å². The van der Waals surface area contributed by atoms with Crippen molar-refractivity contribution < 1.29 is 0 Å². The first kappa shape index (κ1) is 12.8. The van der Waals surface area contributed by atoms with E-state index in [1.807, 2.05) is 29.5 Å². The molecule has 0 saturated heterocycles. The molecule has 4 rings (SSSR count). The predicted molar refractivity (Wildman–Crippen MR) is 86.4 cm³/mol. The third kappa shape index (κ3) is 2.30. The second-order valence-corrected chi connectivity index (χ2v) is 6.50. The molecule has 0 fully saturated rings. The van der Waals surface area contributed by atoms with Gasteiger partial charge < -0.3 is 10.7 Å². The van der Waals surface area contributed by atoms with E-state index in [9.17, 15) is 0 Å². The van der Waals surface area contributed by atoms with E-state index in [0.29, 0.717) is 0 Å². The lowest BCUT2D eigenvalue weighted by Crippen LogP contribution is -2.15. The topological polar surface area (TPSA) is 54.7 Å². The molecule has 0 amide bonds. The van der Waals surface area contributed by atoms with Crippen LogP contribution in [0.5, 0.6) is 0 Å². The third-order valence-corrected chi connectivity index (χ3v) is 5.03. The molecule has 0 saturated carbocycles. The number of hydrogen-bond donors (Lipinski definition) is 2. The predicted octanol–water partition coefficient (Wildman–Crippen LogP) is 3.48. The molecule has 21 heavy (non-hydrogen) atoms. The third-order valence-electron chi connectivity index (χ3n) is 4.05. The summed E-state index contributed by atoms with van der Waals surface area (Å²) in [4.78, 5) is 9.68. The van der Waals surface area contributed by atoms with E-state index in [-0.39, 0.29) is 6.04 Å². The van der Waals surface area contributed by atoms with Gasteiger partial charge in [-0.25, -0.2) is 4.98 Å². The molecule has 1 aromatic carbocycles. The summed E-state index contributed by atoms with van der Waals surface area (Å²) in [5.41, 5.74) is 11.2. The van der Waals surface area contributed by atoms with Crippen molar-refractivity contribution in [2.24, 2.45) is 5.73 Å². The lowest BCUT2D eigenvalue weighted by atomic mass is 10.0. The van der Waals surface area contributed by atoms with Crippen LogP contribution < -0.4 is 5.73 Å². The number of imidazole rings is 1. The van der Waals surface area contributed by atoms with Crippen LogP contribution >= 0.6 is 11.3 Å². The number of aromatic amines is 1. The normalized spacial score (nSPS) is 14.5. The van der Waals surface area contributed by atoms with Crippen LogP contribution in [0.1, 0.15) is 28.0 Å². The summed E-state index contributed by atoms with van der Waals surface area (Å²) in [5.74, 6) is 0.905. The van der Waals surface area contributed by atoms with Crippen molar-refractivity contribution in [2.75, 3.05) is 0 Å². The van der Waals surface area contributed by atoms with Crippen molar-refractivity contribution in [3.05, 3.63) is 63.7 Å². The van der Waals surface area contributed by atoms with Gasteiger partial charge in [0.15, 0.2) is 0 Å². The molecule has 1 aliphatic rings. The van der Waals surface area contributed by atoms with Gasteiger partial charge in [-0.05, 0) is 36.3 Å². The number of nitrogens with two attached hydrogens (primary N) is 1. The minimum Gasteiger partial charge on any atom is -0.344 e. The first-order valence-electron chi connectivity index (χ1n) is 7.26. The van der Waals surface area contributed by atoms with Gasteiger partial charge >= 0.3 is 0 Å². The molecule has 106 valence electrons. The van der Waals surface area contributed by atoms with Gasteiger partial charge in [0.25, 0.3) is 0 Å². The number of thiophene rings is 1. The molecule has 0 aliphatic heterocycles. The molecule has 4 heteroatoms. The fourth-order valence-electron chi connectivity index (χ4n) is 2.96. The number of hydrogen-bond acceptors (Lipinski definition) is 3. The van der Waals surface area contributed by atoms with Crippen molar-refractivity contribution in [1.82, 2.24) is 9.97 Å². The summed E-state index contributed by atoms with van der Waals surface area (Å²) in [7, 11) is 0. The summed E-state index contributed by atoms with van der Waals surface area (Å²) < 4.78 is 0. The maximum absolute atomic E-state index is 6.34. The molecule has 1 atom stereocenters. The Bertz CT molecular complexity index is 757. The smallest absolute Gasteiger partial charge is 0.124 e. The quantitative estimate of drug-likeness (QED) is 0.777. The van der Waals surface area contributed by atoms with Crippen molar-refractivity contribution >= 4 is 11.3 Å². The van der Waals surface area contributed by atoms with Crippen LogP contribution in [0.25, 0.3) is 11.3 Å². The number of nitrogens with one attached hydrogen (secondary N) is 1. The van der Waals surface area contributed by atoms with Gasteiger partial charge in [0.1, 0.15) is 5.82 Å². The lowest BCUT2D eigenvalue weighted by Gasteiger charge is -2.09. The van der Waals surface area contributed by atoms with Gasteiger partial charge in [0.05, 0.1) is 11.7 Å². The van der Waals surface area contributed by atoms with E-state index >= 15 is 0 Å². The molecule has 1 aliphatic carbocycles. The number of aryl methyl sites for hydroxylation is 2. The Morgan fingerprint density at radius 1 is 1.19 bits per heavy atom. The minimum atomic E-state index is -0.0833. The zero-order valence-electron chi connectivity index (χ0n) is 11.7. The SMILES string of the molecule is NC(Cc1ccccc1)c1nc2c([nH]1)CCc1sccc1-2. The average molecular weight is 295 g/mol. The van der Waals surface area contributed by atoms with Crippen molar-refractivity contribution in [1.29, 1.82) is 0 Å². The number of rotatable bonds is 3. The van der Waals surface area contributed by atoms with Crippen LogP contribution in [0.2, 0.25) is 0 Å². The van der Waals surface area contributed by atoms with Crippen LogP contribution in [0.4, 0.5) is 0 Å². The highest BCUT2D eigenvalue weighted by Crippen LogP contribution is 2.35. The monoisotopic (exact) mass is 295 g/mol. The fourth-order valence-corrected chi connectivity index (χ4v) is 3.84. The molecule has 2 aromatic heterocycles. The summed E-state index contributed by atoms with van der Waals surface area (Å²) in [6.45, 7) is 0. The highest BCUT2D eigenvalue weighted by atomic mass is 32.1. The summed E-state index contributed by atoms with van der Waals surface area (Å²) in [6.07, 6.45) is 2.95. The zero-order chi connectivity index (χ0) is 14.2. The number of nitrogens with zero attached hydrogens (tertiary/aromatic N) is 1. The standard InChI is InChI=1S/C17H17N3S/c18-13(10-11-4-2-1-3-5-11)17-19-14-6-7-15-12(8-9-21-15)16(14)20-17/h1-5,8-9,13H,6-7,10,18H2,(H,19,20). The van der Waals surface area contributed by atoms with Gasteiger partial charge in [0.2, 0.25) is 0 Å². The summed E-state index contributed by atoms with van der Waals surface area (Å²) in [5, 5.41) is 2.15. The Kier molecular flexibility index (Phi) is 3.13. The molecule has 0 spiro atoms. The van der Waals surface area contributed by atoms with E-state index in [2.05, 4.69) is 28.6 Å². The van der Waals surface area contributed by atoms with E-state index in [4.69, 9.17) is 10.7 Å². The maximum atomic E-state index is 6.34. The highest BCUT2D eigenvalue weighted by Gasteiger charge is 2.23. The highest BCUT2D eigenvalue weighted by molar-refractivity contribution is 7.10. The molecule has 2 heterocycles. The van der Waals surface area contributed by atoms with Crippen LogP contribution in [0.15, 0.2) is 41.8 Å². The molecule has 3 N–H and O–H groups in total. The lowest BCUT2D eigenvalue weighted by molar-refractivity contribution is 0.675. The summed E-state index contributed by atoms with van der Waals surface area (Å²) in [6, 6.07) is 12.4. The van der Waals surface area contributed by atoms with Gasteiger partial charge in [-0.3, -0.25) is 0 Å². The van der Waals surface area contributed by atoms with Gasteiger partial charge in [-0.15, -0.1) is 11.3 Å². The number of fused-ring (bicyclic) bond motifs is 3. The Morgan fingerprint density at radius 3 is 2.90 bits per heavy atom. The summed E-state index contributed by atoms with van der Waals surface area (Å²) >= 11 is 1.82. The van der Waals surface area contributed by atoms with E-state index in [1.165, 1.54) is 21.7 Å². The van der Waals surface area contributed by atoms with Gasteiger partial charge in [0, 0.05) is 16.1 Å². The van der Waals surface area contributed by atoms with E-state index in [0.717, 1.165) is 30.8 Å². The number of H-pyrrole nitrogens is 1. The molecule has 3 nitrogen and oxygen atoms in total. The Labute approximate surface area is 127 Å². The second kappa shape index (κ2) is 5.13. The molecule has 0 bridgehead atoms. The Morgan fingerprint density at radius 2 is 2.05 bits per heavy atom. The molecule has 0 radical (unpaired) electrons. The first-order chi connectivity index (χ1) is 10.3. The average Bonchev–Trinajstić information content (AvgIpc) is 3.14. The minimum absolute atomic E-state index is 0.0833. The molecule has 3 aromatic rings. The number of benzene rings is 1. The first-order valence-corrected chi connectivity index (χ1v) is 8.14. The van der Waals surface area contributed by atoms with E-state index in [1.54, 1.807) is 0 Å². The Hall–Kier alpha value is -1.91.